The van der Waals surface area contributed by atoms with Crippen molar-refractivity contribution in [1.29, 1.82) is 0 Å². The number of rotatable bonds is 3. The Bertz CT molecular complexity index is 1150. The quantitative estimate of drug-likeness (QED) is 0.686. The highest BCUT2D eigenvalue weighted by atomic mass is 16.2. The number of hydrogen-bond acceptors (Lipinski definition) is 4. The average molecular weight is 375 g/mol. The van der Waals surface area contributed by atoms with E-state index in [0.717, 1.165) is 0 Å². The van der Waals surface area contributed by atoms with Crippen LogP contribution in [-0.2, 0) is 9.59 Å². The molecule has 0 spiro atoms. The van der Waals surface area contributed by atoms with Crippen LogP contribution in [0.2, 0.25) is 0 Å². The third-order valence-electron chi connectivity index (χ3n) is 4.78. The summed E-state index contributed by atoms with van der Waals surface area (Å²) in [5, 5.41) is 6.07. The minimum Gasteiger partial charge on any atom is -0.320 e. The third-order valence-corrected chi connectivity index (χ3v) is 4.78. The molecule has 140 valence electrons. The molecule has 3 amide bonds. The van der Waals surface area contributed by atoms with Crippen LogP contribution in [-0.4, -0.2) is 22.3 Å². The number of carbonyl (C=O) groups is 3. The van der Waals surface area contributed by atoms with Crippen molar-refractivity contribution in [3.63, 3.8) is 0 Å². The van der Waals surface area contributed by atoms with Crippen LogP contribution in [0.5, 0.6) is 0 Å². The van der Waals surface area contributed by atoms with Crippen LogP contribution in [0.25, 0.3) is 10.8 Å². The maximum absolute atomic E-state index is 12.9. The molecule has 28 heavy (non-hydrogen) atoms. The number of piperidine rings is 1. The molecular formula is C21H17N3O4. The summed E-state index contributed by atoms with van der Waals surface area (Å²) >= 11 is 0. The molecule has 7 nitrogen and oxygen atoms in total. The minimum absolute atomic E-state index is 0.154. The van der Waals surface area contributed by atoms with Crippen molar-refractivity contribution in [2.45, 2.75) is 18.9 Å². The van der Waals surface area contributed by atoms with Gasteiger partial charge in [0, 0.05) is 29.0 Å². The van der Waals surface area contributed by atoms with Crippen LogP contribution in [0.4, 0.5) is 5.69 Å². The van der Waals surface area contributed by atoms with Gasteiger partial charge < -0.3 is 9.88 Å². The fraction of sp³-hybridized carbons (Fsp3) is 0.143. The zero-order valence-electron chi connectivity index (χ0n) is 14.8. The highest BCUT2D eigenvalue weighted by Crippen LogP contribution is 2.25. The number of amides is 3. The summed E-state index contributed by atoms with van der Waals surface area (Å²) in [7, 11) is 0. The first kappa shape index (κ1) is 17.7. The molecule has 0 bridgehead atoms. The zero-order chi connectivity index (χ0) is 19.7. The van der Waals surface area contributed by atoms with E-state index in [4.69, 9.17) is 0 Å². The Labute approximate surface area is 160 Å². The van der Waals surface area contributed by atoms with Crippen molar-refractivity contribution in [3.8, 4) is 0 Å². The van der Waals surface area contributed by atoms with E-state index in [-0.39, 0.29) is 30.2 Å². The standard InChI is InChI=1S/C21H17N3O4/c25-18-11-10-17(20(27)23-18)24-12-16(14-8-4-5-9-15(14)21(24)28)22-19(26)13-6-2-1-3-7-13/h1-9,12,17H,10-11H2,(H,22,26)(H,23,25,27). The summed E-state index contributed by atoms with van der Waals surface area (Å²) < 4.78 is 1.30. The fourth-order valence-corrected chi connectivity index (χ4v) is 3.37. The molecule has 2 N–H and O–H groups in total. The third kappa shape index (κ3) is 3.18. The molecule has 1 fully saturated rings. The Morgan fingerprint density at radius 2 is 1.64 bits per heavy atom. The van der Waals surface area contributed by atoms with Gasteiger partial charge >= 0.3 is 0 Å². The van der Waals surface area contributed by atoms with Gasteiger partial charge in [0.25, 0.3) is 11.5 Å². The molecule has 1 saturated heterocycles. The molecule has 2 heterocycles. The number of anilines is 1. The number of nitrogens with one attached hydrogen (secondary N) is 2. The van der Waals surface area contributed by atoms with Gasteiger partial charge in [-0.25, -0.2) is 0 Å². The lowest BCUT2D eigenvalue weighted by Gasteiger charge is -2.24. The van der Waals surface area contributed by atoms with E-state index < -0.39 is 11.9 Å². The average Bonchev–Trinajstić information content (AvgIpc) is 2.71. The lowest BCUT2D eigenvalue weighted by molar-refractivity contribution is -0.135. The highest BCUT2D eigenvalue weighted by Gasteiger charge is 2.29. The first-order valence-corrected chi connectivity index (χ1v) is 8.88. The van der Waals surface area contributed by atoms with Crippen LogP contribution in [0.15, 0.2) is 65.6 Å². The van der Waals surface area contributed by atoms with Crippen molar-refractivity contribution in [2.24, 2.45) is 0 Å². The van der Waals surface area contributed by atoms with Crippen molar-refractivity contribution >= 4 is 34.2 Å². The summed E-state index contributed by atoms with van der Waals surface area (Å²) in [4.78, 5) is 49.3. The smallest absolute Gasteiger partial charge is 0.259 e. The summed E-state index contributed by atoms with van der Waals surface area (Å²) in [5.74, 6) is -1.19. The predicted octanol–water partition coefficient (Wildman–Crippen LogP) is 2.23. The lowest BCUT2D eigenvalue weighted by atomic mass is 10.0. The second-order valence-corrected chi connectivity index (χ2v) is 6.59. The van der Waals surface area contributed by atoms with Gasteiger partial charge in [-0.2, -0.15) is 0 Å². The largest absolute Gasteiger partial charge is 0.320 e. The fourth-order valence-electron chi connectivity index (χ4n) is 3.37. The van der Waals surface area contributed by atoms with E-state index in [1.54, 1.807) is 48.5 Å². The predicted molar refractivity (Wildman–Crippen MR) is 104 cm³/mol. The topological polar surface area (TPSA) is 97.3 Å². The highest BCUT2D eigenvalue weighted by molar-refractivity contribution is 6.09. The van der Waals surface area contributed by atoms with Gasteiger partial charge in [-0.1, -0.05) is 36.4 Å². The Kier molecular flexibility index (Phi) is 4.49. The maximum atomic E-state index is 12.9. The Morgan fingerprint density at radius 1 is 0.964 bits per heavy atom. The van der Waals surface area contributed by atoms with Crippen molar-refractivity contribution in [2.75, 3.05) is 5.32 Å². The van der Waals surface area contributed by atoms with E-state index in [1.165, 1.54) is 10.8 Å². The Morgan fingerprint density at radius 3 is 2.36 bits per heavy atom. The van der Waals surface area contributed by atoms with Crippen LogP contribution in [0, 0.1) is 0 Å². The van der Waals surface area contributed by atoms with Gasteiger partial charge in [0.15, 0.2) is 0 Å². The van der Waals surface area contributed by atoms with Crippen molar-refractivity contribution in [3.05, 3.63) is 76.7 Å². The lowest BCUT2D eigenvalue weighted by Crippen LogP contribution is -2.44. The van der Waals surface area contributed by atoms with Crippen molar-refractivity contribution < 1.29 is 14.4 Å². The SMILES string of the molecule is O=C1CCC(n2cc(NC(=O)c3ccccc3)c3ccccc3c2=O)C(=O)N1. The van der Waals surface area contributed by atoms with Gasteiger partial charge in [0.05, 0.1) is 5.69 Å². The number of imide groups is 1. The van der Waals surface area contributed by atoms with Gasteiger partial charge in [-0.3, -0.25) is 24.5 Å². The Hall–Kier alpha value is -3.74. The number of nitrogens with zero attached hydrogens (tertiary/aromatic N) is 1. The van der Waals surface area contributed by atoms with Crippen LogP contribution in [0.1, 0.15) is 29.2 Å². The molecule has 0 radical (unpaired) electrons. The van der Waals surface area contributed by atoms with E-state index >= 15 is 0 Å². The van der Waals surface area contributed by atoms with E-state index in [9.17, 15) is 19.2 Å². The summed E-state index contributed by atoms with van der Waals surface area (Å²) in [5.41, 5.74) is 0.557. The second kappa shape index (κ2) is 7.11. The van der Waals surface area contributed by atoms with E-state index in [1.807, 2.05) is 6.07 Å². The molecule has 0 aliphatic carbocycles. The molecule has 3 aromatic rings. The molecule has 7 heteroatoms. The Balaban J connectivity index is 1.81. The van der Waals surface area contributed by atoms with Crippen molar-refractivity contribution in [1.82, 2.24) is 9.88 Å². The van der Waals surface area contributed by atoms with Gasteiger partial charge in [0.2, 0.25) is 11.8 Å². The van der Waals surface area contributed by atoms with E-state index in [0.29, 0.717) is 22.0 Å². The number of aromatic nitrogens is 1. The minimum atomic E-state index is -0.804. The molecular weight excluding hydrogens is 358 g/mol. The monoisotopic (exact) mass is 375 g/mol. The number of benzene rings is 2. The molecule has 1 aliphatic heterocycles. The van der Waals surface area contributed by atoms with Gasteiger partial charge in [-0.15, -0.1) is 0 Å². The normalized spacial score (nSPS) is 16.6. The van der Waals surface area contributed by atoms with Gasteiger partial charge in [-0.05, 0) is 24.6 Å². The molecule has 1 atom stereocenters. The first-order valence-electron chi connectivity index (χ1n) is 8.88. The summed E-state index contributed by atoms with van der Waals surface area (Å²) in [6.45, 7) is 0. The van der Waals surface area contributed by atoms with Crippen LogP contribution >= 0.6 is 0 Å². The molecule has 2 aromatic carbocycles. The number of hydrogen-bond donors (Lipinski definition) is 2. The molecule has 1 aromatic heterocycles. The molecule has 0 saturated carbocycles. The second-order valence-electron chi connectivity index (χ2n) is 6.59. The summed E-state index contributed by atoms with van der Waals surface area (Å²) in [6, 6.07) is 14.8. The molecule has 4 rings (SSSR count). The van der Waals surface area contributed by atoms with Gasteiger partial charge in [0.1, 0.15) is 6.04 Å². The zero-order valence-corrected chi connectivity index (χ0v) is 14.8. The molecule has 1 aliphatic rings. The first-order chi connectivity index (χ1) is 13.5. The van der Waals surface area contributed by atoms with Crippen LogP contribution in [0.3, 0.4) is 0 Å². The molecule has 1 unspecified atom stereocenters. The maximum Gasteiger partial charge on any atom is 0.259 e. The number of pyridine rings is 1. The summed E-state index contributed by atoms with van der Waals surface area (Å²) in [6.07, 6.45) is 1.86. The van der Waals surface area contributed by atoms with Crippen LogP contribution < -0.4 is 16.2 Å². The van der Waals surface area contributed by atoms with E-state index in [2.05, 4.69) is 10.6 Å². The number of carbonyl (C=O) groups excluding carboxylic acids is 3. The number of fused-ring (bicyclic) bond motifs is 1.